The third kappa shape index (κ3) is 1.44. The van der Waals surface area contributed by atoms with Crippen molar-refractivity contribution in [2.75, 3.05) is 6.54 Å². The highest BCUT2D eigenvalue weighted by Crippen LogP contribution is 2.33. The lowest BCUT2D eigenvalue weighted by Crippen LogP contribution is -2.35. The first-order valence-corrected chi connectivity index (χ1v) is 4.59. The number of hydrogen-bond acceptors (Lipinski definition) is 4. The van der Waals surface area contributed by atoms with E-state index in [0.29, 0.717) is 5.56 Å². The Bertz CT molecular complexity index is 379. The number of aromatic nitrogens is 1. The maximum Gasteiger partial charge on any atom is 0.306 e. The first-order chi connectivity index (χ1) is 6.70. The van der Waals surface area contributed by atoms with Crippen LogP contribution in [-0.4, -0.2) is 16.5 Å². The molecule has 0 amide bonds. The number of nitro groups is 1. The molecule has 1 aliphatic heterocycles. The molecule has 0 aromatic carbocycles. The molecule has 6 heteroatoms. The quantitative estimate of drug-likeness (QED) is 0.600. The van der Waals surface area contributed by atoms with Crippen molar-refractivity contribution >= 4 is 17.3 Å². The Morgan fingerprint density at radius 3 is 2.86 bits per heavy atom. The Balaban J connectivity index is 2.40. The molecule has 0 bridgehead atoms. The van der Waals surface area contributed by atoms with Crippen LogP contribution >= 0.6 is 11.6 Å². The van der Waals surface area contributed by atoms with E-state index < -0.39 is 4.92 Å². The van der Waals surface area contributed by atoms with E-state index in [-0.39, 0.29) is 16.8 Å². The Labute approximate surface area is 85.2 Å². The zero-order chi connectivity index (χ0) is 10.1. The van der Waals surface area contributed by atoms with Crippen LogP contribution in [0.2, 0.25) is 5.02 Å². The lowest BCUT2D eigenvalue weighted by molar-refractivity contribution is -0.385. The molecular formula is C8H8ClN3O2. The average molecular weight is 214 g/mol. The molecule has 0 radical (unpaired) electrons. The van der Waals surface area contributed by atoms with E-state index in [2.05, 4.69) is 10.3 Å². The molecule has 1 aliphatic rings. The number of rotatable bonds is 2. The highest BCUT2D eigenvalue weighted by Gasteiger charge is 2.25. The minimum atomic E-state index is -0.516. The van der Waals surface area contributed by atoms with Crippen molar-refractivity contribution in [1.29, 1.82) is 0 Å². The number of halogens is 1. The van der Waals surface area contributed by atoms with Crippen LogP contribution in [0.4, 0.5) is 5.69 Å². The van der Waals surface area contributed by atoms with Crippen LogP contribution in [0.15, 0.2) is 12.4 Å². The third-order valence-corrected chi connectivity index (χ3v) is 2.70. The summed E-state index contributed by atoms with van der Waals surface area (Å²) >= 11 is 5.89. The average Bonchev–Trinajstić information content (AvgIpc) is 2.04. The summed E-state index contributed by atoms with van der Waals surface area (Å²) in [7, 11) is 0. The molecule has 1 aromatic heterocycles. The number of nitrogens with one attached hydrogen (secondary N) is 1. The fourth-order valence-corrected chi connectivity index (χ4v) is 1.67. The van der Waals surface area contributed by atoms with Gasteiger partial charge in [-0.3, -0.25) is 15.1 Å². The molecule has 1 fully saturated rings. The van der Waals surface area contributed by atoms with Gasteiger partial charge in [0.15, 0.2) is 0 Å². The summed E-state index contributed by atoms with van der Waals surface area (Å²) in [4.78, 5) is 13.9. The van der Waals surface area contributed by atoms with Crippen LogP contribution in [0.1, 0.15) is 18.0 Å². The Kier molecular flexibility index (Phi) is 2.35. The van der Waals surface area contributed by atoms with Gasteiger partial charge in [0.1, 0.15) is 11.2 Å². The van der Waals surface area contributed by atoms with Gasteiger partial charge in [-0.1, -0.05) is 11.6 Å². The zero-order valence-corrected chi connectivity index (χ0v) is 7.99. The van der Waals surface area contributed by atoms with Crippen LogP contribution in [-0.2, 0) is 0 Å². The normalized spacial score (nSPS) is 20.2. The largest absolute Gasteiger partial charge is 0.310 e. The zero-order valence-electron chi connectivity index (χ0n) is 7.24. The standard InChI is InChI=1S/C8H8ClN3O2/c9-8-5(6-1-2-11-6)3-10-4-7(8)12(13)14/h3-4,6,11H,1-2H2/t6-/m0/s1. The summed E-state index contributed by atoms with van der Waals surface area (Å²) in [6, 6.07) is 0.120. The summed E-state index contributed by atoms with van der Waals surface area (Å²) in [5.41, 5.74) is 0.588. The third-order valence-electron chi connectivity index (χ3n) is 2.28. The lowest BCUT2D eigenvalue weighted by Gasteiger charge is -2.28. The van der Waals surface area contributed by atoms with Crippen molar-refractivity contribution in [2.45, 2.75) is 12.5 Å². The van der Waals surface area contributed by atoms with Crippen molar-refractivity contribution in [3.63, 3.8) is 0 Å². The summed E-state index contributed by atoms with van der Waals surface area (Å²) in [6.07, 6.45) is 3.69. The van der Waals surface area contributed by atoms with Crippen LogP contribution in [0.25, 0.3) is 0 Å². The highest BCUT2D eigenvalue weighted by atomic mass is 35.5. The minimum Gasteiger partial charge on any atom is -0.310 e. The smallest absolute Gasteiger partial charge is 0.306 e. The predicted octanol–water partition coefficient (Wildman–Crippen LogP) is 1.68. The summed E-state index contributed by atoms with van der Waals surface area (Å²) in [5.74, 6) is 0. The van der Waals surface area contributed by atoms with E-state index in [1.54, 1.807) is 6.20 Å². The maximum atomic E-state index is 10.6. The Morgan fingerprint density at radius 1 is 1.64 bits per heavy atom. The van der Waals surface area contributed by atoms with Crippen molar-refractivity contribution in [3.8, 4) is 0 Å². The number of nitrogens with zero attached hydrogens (tertiary/aromatic N) is 2. The van der Waals surface area contributed by atoms with Crippen LogP contribution in [0, 0.1) is 10.1 Å². The molecular weight excluding hydrogens is 206 g/mol. The van der Waals surface area contributed by atoms with Gasteiger partial charge >= 0.3 is 5.69 Å². The van der Waals surface area contributed by atoms with Crippen molar-refractivity contribution in [3.05, 3.63) is 33.1 Å². The molecule has 0 spiro atoms. The molecule has 2 heterocycles. The molecule has 0 unspecified atom stereocenters. The van der Waals surface area contributed by atoms with E-state index in [4.69, 9.17) is 11.6 Å². The molecule has 5 nitrogen and oxygen atoms in total. The van der Waals surface area contributed by atoms with Crippen molar-refractivity contribution < 1.29 is 4.92 Å². The van der Waals surface area contributed by atoms with Gasteiger partial charge in [-0.15, -0.1) is 0 Å². The van der Waals surface area contributed by atoms with Gasteiger partial charge in [0.25, 0.3) is 0 Å². The Morgan fingerprint density at radius 2 is 2.36 bits per heavy atom. The number of pyridine rings is 1. The number of hydrogen-bond donors (Lipinski definition) is 1. The highest BCUT2D eigenvalue weighted by molar-refractivity contribution is 6.33. The molecule has 1 aromatic rings. The van der Waals surface area contributed by atoms with Gasteiger partial charge in [0.2, 0.25) is 0 Å². The molecule has 14 heavy (non-hydrogen) atoms. The molecule has 0 saturated carbocycles. The fraction of sp³-hybridized carbons (Fsp3) is 0.375. The molecule has 1 saturated heterocycles. The van der Waals surface area contributed by atoms with E-state index >= 15 is 0 Å². The van der Waals surface area contributed by atoms with Gasteiger partial charge < -0.3 is 5.32 Å². The van der Waals surface area contributed by atoms with E-state index in [0.717, 1.165) is 13.0 Å². The Hall–Kier alpha value is -1.20. The van der Waals surface area contributed by atoms with Crippen LogP contribution < -0.4 is 5.32 Å². The van der Waals surface area contributed by atoms with Gasteiger partial charge in [0.05, 0.1) is 4.92 Å². The SMILES string of the molecule is O=[N+]([O-])c1cncc([C@@H]2CCN2)c1Cl. The van der Waals surface area contributed by atoms with Crippen LogP contribution in [0.3, 0.4) is 0 Å². The monoisotopic (exact) mass is 213 g/mol. The second kappa shape index (κ2) is 3.51. The first kappa shape index (κ1) is 9.36. The second-order valence-electron chi connectivity index (χ2n) is 3.11. The van der Waals surface area contributed by atoms with Gasteiger partial charge in [-0.25, -0.2) is 0 Å². The summed E-state index contributed by atoms with van der Waals surface area (Å²) in [6.45, 7) is 0.920. The molecule has 0 aliphatic carbocycles. The molecule has 1 atom stereocenters. The summed E-state index contributed by atoms with van der Waals surface area (Å²) < 4.78 is 0. The minimum absolute atomic E-state index is 0.120. The van der Waals surface area contributed by atoms with Gasteiger partial charge in [0, 0.05) is 17.8 Å². The van der Waals surface area contributed by atoms with Gasteiger partial charge in [-0.05, 0) is 13.0 Å². The lowest BCUT2D eigenvalue weighted by atomic mass is 9.99. The van der Waals surface area contributed by atoms with Crippen molar-refractivity contribution in [1.82, 2.24) is 10.3 Å². The topological polar surface area (TPSA) is 68.1 Å². The van der Waals surface area contributed by atoms with Crippen LogP contribution in [0.5, 0.6) is 0 Å². The fourth-order valence-electron chi connectivity index (χ4n) is 1.37. The molecule has 74 valence electrons. The molecule has 2 rings (SSSR count). The first-order valence-electron chi connectivity index (χ1n) is 4.21. The van der Waals surface area contributed by atoms with E-state index in [1.807, 2.05) is 0 Å². The van der Waals surface area contributed by atoms with E-state index in [9.17, 15) is 10.1 Å². The van der Waals surface area contributed by atoms with E-state index in [1.165, 1.54) is 6.20 Å². The predicted molar refractivity (Wildman–Crippen MR) is 51.3 cm³/mol. The second-order valence-corrected chi connectivity index (χ2v) is 3.49. The van der Waals surface area contributed by atoms with Gasteiger partial charge in [-0.2, -0.15) is 0 Å². The van der Waals surface area contributed by atoms with Crippen molar-refractivity contribution in [2.24, 2.45) is 0 Å². The summed E-state index contributed by atoms with van der Waals surface area (Å²) in [5, 5.41) is 13.9. The molecule has 1 N–H and O–H groups in total. The maximum absolute atomic E-state index is 10.6.